The van der Waals surface area contributed by atoms with Gasteiger partial charge < -0.3 is 25.0 Å². The number of fused-ring (bicyclic) bond motifs is 3. The highest BCUT2D eigenvalue weighted by atomic mass is 19.4. The van der Waals surface area contributed by atoms with E-state index in [-0.39, 0.29) is 18.1 Å². The molecule has 3 aromatic carbocycles. The van der Waals surface area contributed by atoms with Crippen molar-refractivity contribution in [1.29, 1.82) is 0 Å². The van der Waals surface area contributed by atoms with E-state index in [1.165, 1.54) is 0 Å². The lowest BCUT2D eigenvalue weighted by atomic mass is 9.98. The highest BCUT2D eigenvalue weighted by Crippen LogP contribution is 2.44. The molecule has 0 aromatic heterocycles. The number of alkyl halides is 3. The van der Waals surface area contributed by atoms with Gasteiger partial charge in [0.15, 0.2) is 0 Å². The van der Waals surface area contributed by atoms with Gasteiger partial charge in [0.05, 0.1) is 0 Å². The first-order valence-corrected chi connectivity index (χ1v) is 10.5. The summed E-state index contributed by atoms with van der Waals surface area (Å²) >= 11 is 0. The summed E-state index contributed by atoms with van der Waals surface area (Å²) in [5.74, 6) is -2.77. The quantitative estimate of drug-likeness (QED) is 0.441. The Morgan fingerprint density at radius 2 is 1.57 bits per heavy atom. The van der Waals surface area contributed by atoms with E-state index in [9.17, 15) is 33.0 Å². The lowest BCUT2D eigenvalue weighted by Gasteiger charge is -2.18. The van der Waals surface area contributed by atoms with Crippen molar-refractivity contribution >= 4 is 12.1 Å². The monoisotopic (exact) mass is 487 g/mol. The van der Waals surface area contributed by atoms with Gasteiger partial charge >= 0.3 is 18.4 Å². The summed E-state index contributed by atoms with van der Waals surface area (Å²) in [6.45, 7) is -0.0492. The van der Waals surface area contributed by atoms with Crippen LogP contribution in [0.2, 0.25) is 0 Å². The first kappa shape index (κ1) is 23.9. The van der Waals surface area contributed by atoms with Crippen LogP contribution in [0.3, 0.4) is 0 Å². The average molecular weight is 487 g/mol. The lowest BCUT2D eigenvalue weighted by molar-refractivity contribution is -0.274. The van der Waals surface area contributed by atoms with Crippen molar-refractivity contribution in [3.8, 4) is 22.6 Å². The van der Waals surface area contributed by atoms with E-state index in [2.05, 4.69) is 10.1 Å². The van der Waals surface area contributed by atoms with Gasteiger partial charge in [-0.05, 0) is 40.5 Å². The average Bonchev–Trinajstić information content (AvgIpc) is 3.12. The molecule has 0 aliphatic heterocycles. The molecule has 182 valence electrons. The summed E-state index contributed by atoms with van der Waals surface area (Å²) in [5.41, 5.74) is 3.84. The SMILES string of the molecule is O=C(NC(Cc1cc(OC(F)(F)F)ccc1O)C(=O)O)OCC1c2ccccc2-c2ccccc21. The number of carboxylic acid groups (broad SMARTS) is 1. The molecular weight excluding hydrogens is 467 g/mol. The predicted octanol–water partition coefficient (Wildman–Crippen LogP) is 4.83. The highest BCUT2D eigenvalue weighted by molar-refractivity contribution is 5.81. The summed E-state index contributed by atoms with van der Waals surface area (Å²) in [4.78, 5) is 24.1. The molecule has 1 aliphatic rings. The Balaban J connectivity index is 1.44. The third-order valence-electron chi connectivity index (χ3n) is 5.64. The highest BCUT2D eigenvalue weighted by Gasteiger charge is 2.32. The molecule has 10 heteroatoms. The number of benzene rings is 3. The van der Waals surface area contributed by atoms with Crippen molar-refractivity contribution in [2.45, 2.75) is 24.7 Å². The molecule has 1 amide bonds. The fraction of sp³-hybridized carbons (Fsp3) is 0.200. The van der Waals surface area contributed by atoms with E-state index in [1.807, 2.05) is 48.5 Å². The second kappa shape index (κ2) is 9.57. The second-order valence-electron chi connectivity index (χ2n) is 7.90. The molecule has 3 N–H and O–H groups in total. The van der Waals surface area contributed by atoms with Gasteiger partial charge in [-0.3, -0.25) is 0 Å². The maximum absolute atomic E-state index is 12.5. The van der Waals surface area contributed by atoms with Crippen molar-refractivity contribution in [3.63, 3.8) is 0 Å². The topological polar surface area (TPSA) is 105 Å². The molecule has 0 heterocycles. The summed E-state index contributed by atoms with van der Waals surface area (Å²) < 4.78 is 46.6. The van der Waals surface area contributed by atoms with Crippen LogP contribution in [0.15, 0.2) is 66.7 Å². The van der Waals surface area contributed by atoms with Crippen molar-refractivity contribution in [1.82, 2.24) is 5.32 Å². The molecule has 1 aliphatic carbocycles. The number of carboxylic acids is 1. The minimum atomic E-state index is -4.96. The van der Waals surface area contributed by atoms with Gasteiger partial charge in [0, 0.05) is 17.9 Å². The smallest absolute Gasteiger partial charge is 0.508 e. The fourth-order valence-corrected chi connectivity index (χ4v) is 4.12. The number of alkyl carbamates (subject to hydrolysis) is 1. The molecule has 0 saturated carbocycles. The van der Waals surface area contributed by atoms with E-state index in [0.29, 0.717) is 0 Å². The minimum absolute atomic E-state index is 0.0492. The van der Waals surface area contributed by atoms with E-state index < -0.39 is 42.4 Å². The number of hydrogen-bond acceptors (Lipinski definition) is 5. The Bertz CT molecular complexity index is 1210. The Kier molecular flexibility index (Phi) is 6.54. The molecule has 0 radical (unpaired) electrons. The van der Waals surface area contributed by atoms with Crippen LogP contribution in [0.4, 0.5) is 18.0 Å². The number of aromatic hydroxyl groups is 1. The van der Waals surface area contributed by atoms with E-state index in [0.717, 1.165) is 40.5 Å². The van der Waals surface area contributed by atoms with Crippen molar-refractivity contribution in [2.24, 2.45) is 0 Å². The van der Waals surface area contributed by atoms with Crippen LogP contribution < -0.4 is 10.1 Å². The number of nitrogens with one attached hydrogen (secondary N) is 1. The second-order valence-corrected chi connectivity index (χ2v) is 7.90. The van der Waals surface area contributed by atoms with Gasteiger partial charge in [-0.1, -0.05) is 48.5 Å². The Morgan fingerprint density at radius 1 is 0.971 bits per heavy atom. The van der Waals surface area contributed by atoms with Crippen LogP contribution in [0, 0.1) is 0 Å². The summed E-state index contributed by atoms with van der Waals surface area (Å²) in [6, 6.07) is 16.5. The van der Waals surface area contributed by atoms with Gasteiger partial charge in [-0.15, -0.1) is 13.2 Å². The number of aliphatic carboxylic acids is 1. The number of amides is 1. The minimum Gasteiger partial charge on any atom is -0.508 e. The Labute approximate surface area is 197 Å². The van der Waals surface area contributed by atoms with Gasteiger partial charge in [-0.2, -0.15) is 0 Å². The fourth-order valence-electron chi connectivity index (χ4n) is 4.12. The molecule has 1 atom stereocenters. The zero-order chi connectivity index (χ0) is 25.2. The van der Waals surface area contributed by atoms with E-state index >= 15 is 0 Å². The van der Waals surface area contributed by atoms with Crippen LogP contribution in [-0.4, -0.2) is 41.3 Å². The van der Waals surface area contributed by atoms with Crippen molar-refractivity contribution in [3.05, 3.63) is 83.4 Å². The van der Waals surface area contributed by atoms with Crippen molar-refractivity contribution < 1.29 is 42.4 Å². The number of halogens is 3. The van der Waals surface area contributed by atoms with Crippen LogP contribution >= 0.6 is 0 Å². The maximum Gasteiger partial charge on any atom is 0.573 e. The normalized spacial score (nSPS) is 13.5. The Hall–Kier alpha value is -4.21. The molecule has 1 unspecified atom stereocenters. The number of phenolic OH excluding ortho intramolecular Hbond substituents is 1. The molecule has 0 fully saturated rings. The van der Waals surface area contributed by atoms with E-state index in [4.69, 9.17) is 4.74 Å². The first-order chi connectivity index (χ1) is 16.6. The molecule has 35 heavy (non-hydrogen) atoms. The number of rotatable bonds is 7. The molecule has 3 aromatic rings. The standard InChI is InChI=1S/C25H20F3NO6/c26-25(27,28)35-15-9-10-22(30)14(11-15)12-21(23(31)32)29-24(33)34-13-20-18-7-3-1-5-16(18)17-6-2-4-8-19(17)20/h1-11,20-21,30H,12-13H2,(H,29,33)(H,31,32). The van der Waals surface area contributed by atoms with Gasteiger partial charge in [-0.25, -0.2) is 9.59 Å². The number of carbonyl (C=O) groups is 2. The molecule has 0 spiro atoms. The third-order valence-corrected chi connectivity index (χ3v) is 5.64. The number of hydrogen-bond donors (Lipinski definition) is 3. The first-order valence-electron chi connectivity index (χ1n) is 10.5. The number of carbonyl (C=O) groups excluding carboxylic acids is 1. The van der Waals surface area contributed by atoms with Crippen molar-refractivity contribution in [2.75, 3.05) is 6.61 Å². The number of phenols is 1. The molecule has 7 nitrogen and oxygen atoms in total. The molecule has 0 bridgehead atoms. The largest absolute Gasteiger partial charge is 0.573 e. The molecule has 0 saturated heterocycles. The van der Waals surface area contributed by atoms with Gasteiger partial charge in [0.25, 0.3) is 0 Å². The summed E-state index contributed by atoms with van der Waals surface area (Å²) in [7, 11) is 0. The van der Waals surface area contributed by atoms with E-state index in [1.54, 1.807) is 0 Å². The van der Waals surface area contributed by atoms with Gasteiger partial charge in [0.1, 0.15) is 24.1 Å². The lowest BCUT2D eigenvalue weighted by Crippen LogP contribution is -2.43. The third kappa shape index (κ3) is 5.48. The zero-order valence-electron chi connectivity index (χ0n) is 18.1. The predicted molar refractivity (Wildman–Crippen MR) is 118 cm³/mol. The summed E-state index contributed by atoms with van der Waals surface area (Å²) in [5, 5.41) is 21.7. The summed E-state index contributed by atoms with van der Waals surface area (Å²) in [6.07, 6.45) is -6.47. The van der Waals surface area contributed by atoms with Crippen LogP contribution in [0.25, 0.3) is 11.1 Å². The van der Waals surface area contributed by atoms with Crippen LogP contribution in [-0.2, 0) is 16.0 Å². The van der Waals surface area contributed by atoms with Crippen LogP contribution in [0.1, 0.15) is 22.6 Å². The molecular formula is C25H20F3NO6. The zero-order valence-corrected chi connectivity index (χ0v) is 18.1. The number of ether oxygens (including phenoxy) is 2. The van der Waals surface area contributed by atoms with Gasteiger partial charge in [0.2, 0.25) is 0 Å². The maximum atomic E-state index is 12.5. The molecule has 4 rings (SSSR count). The van der Waals surface area contributed by atoms with Crippen LogP contribution in [0.5, 0.6) is 11.5 Å². The Morgan fingerprint density at radius 3 is 2.14 bits per heavy atom.